The summed E-state index contributed by atoms with van der Waals surface area (Å²) in [5.41, 5.74) is -0.403. The molecule has 2 rings (SSSR count). The molecule has 0 spiro atoms. The van der Waals surface area contributed by atoms with Crippen LogP contribution in [0.2, 0.25) is 0 Å². The number of aryl methyl sites for hydroxylation is 1. The maximum Gasteiger partial charge on any atom is 0.325 e. The number of ether oxygens (including phenoxy) is 2. The molecule has 0 aliphatic heterocycles. The SMILES string of the molecule is CCN(CC)C1C(C(C)c2ccc(C)o2)=CCC1(C(=O)OC)C(=O)OC. The molecule has 0 N–H and O–H groups in total. The maximum atomic E-state index is 12.8. The van der Waals surface area contributed by atoms with Gasteiger partial charge in [-0.3, -0.25) is 14.5 Å². The molecule has 6 nitrogen and oxygen atoms in total. The van der Waals surface area contributed by atoms with Gasteiger partial charge in [0.15, 0.2) is 5.41 Å². The molecule has 0 fully saturated rings. The normalized spacial score (nSPS) is 20.0. The Balaban J connectivity index is 2.55. The van der Waals surface area contributed by atoms with Gasteiger partial charge in [0, 0.05) is 5.92 Å². The standard InChI is InChI=1S/C20H29NO5/c1-7-21(8-2)17-15(14(4)16-10-9-13(3)26-16)11-12-20(17,18(22)24-5)19(23)25-6/h9-11,14,17H,7-8,12H2,1-6H3. The van der Waals surface area contributed by atoms with Crippen molar-refractivity contribution in [2.24, 2.45) is 5.41 Å². The van der Waals surface area contributed by atoms with Crippen LogP contribution in [0.25, 0.3) is 0 Å². The first-order valence-electron chi connectivity index (χ1n) is 9.04. The topological polar surface area (TPSA) is 69.0 Å². The minimum Gasteiger partial charge on any atom is -0.468 e. The van der Waals surface area contributed by atoms with Crippen LogP contribution in [0.1, 0.15) is 44.6 Å². The van der Waals surface area contributed by atoms with Crippen LogP contribution in [0.5, 0.6) is 0 Å². The van der Waals surface area contributed by atoms with E-state index in [2.05, 4.69) is 4.90 Å². The van der Waals surface area contributed by atoms with Crippen LogP contribution in [-0.4, -0.2) is 50.2 Å². The van der Waals surface area contributed by atoms with Crippen LogP contribution >= 0.6 is 0 Å². The van der Waals surface area contributed by atoms with Crippen LogP contribution < -0.4 is 0 Å². The van der Waals surface area contributed by atoms with Crippen LogP contribution in [0, 0.1) is 12.3 Å². The van der Waals surface area contributed by atoms with Gasteiger partial charge in [-0.2, -0.15) is 0 Å². The lowest BCUT2D eigenvalue weighted by molar-refractivity contribution is -0.172. The first kappa shape index (κ1) is 20.2. The second-order valence-electron chi connectivity index (χ2n) is 6.66. The Morgan fingerprint density at radius 1 is 1.23 bits per heavy atom. The molecule has 26 heavy (non-hydrogen) atoms. The molecule has 1 heterocycles. The summed E-state index contributed by atoms with van der Waals surface area (Å²) in [7, 11) is 2.62. The molecule has 0 radical (unpaired) electrons. The lowest BCUT2D eigenvalue weighted by Crippen LogP contribution is -2.56. The van der Waals surface area contributed by atoms with Crippen LogP contribution in [-0.2, 0) is 19.1 Å². The summed E-state index contributed by atoms with van der Waals surface area (Å²) < 4.78 is 15.9. The van der Waals surface area contributed by atoms with E-state index in [9.17, 15) is 9.59 Å². The molecule has 0 bridgehead atoms. The fraction of sp³-hybridized carbons (Fsp3) is 0.600. The van der Waals surface area contributed by atoms with Gasteiger partial charge < -0.3 is 13.9 Å². The smallest absolute Gasteiger partial charge is 0.325 e. The van der Waals surface area contributed by atoms with Crippen molar-refractivity contribution >= 4 is 11.9 Å². The van der Waals surface area contributed by atoms with E-state index in [-0.39, 0.29) is 12.3 Å². The highest BCUT2D eigenvalue weighted by molar-refractivity contribution is 6.02. The zero-order chi connectivity index (χ0) is 19.5. The van der Waals surface area contributed by atoms with Crippen LogP contribution in [0.4, 0.5) is 0 Å². The van der Waals surface area contributed by atoms with E-state index in [4.69, 9.17) is 13.9 Å². The number of methoxy groups -OCH3 is 2. The second-order valence-corrected chi connectivity index (χ2v) is 6.66. The third kappa shape index (κ3) is 3.18. The van der Waals surface area contributed by atoms with E-state index >= 15 is 0 Å². The van der Waals surface area contributed by atoms with Gasteiger partial charge in [-0.1, -0.05) is 26.8 Å². The maximum absolute atomic E-state index is 12.8. The minimum absolute atomic E-state index is 0.0644. The molecule has 2 unspecified atom stereocenters. The summed E-state index contributed by atoms with van der Waals surface area (Å²) in [6, 6.07) is 3.43. The molecule has 2 atom stereocenters. The summed E-state index contributed by atoms with van der Waals surface area (Å²) in [6.07, 6.45) is 2.23. The zero-order valence-corrected chi connectivity index (χ0v) is 16.5. The number of likely N-dealkylation sites (N-methyl/N-ethyl adjacent to an activating group) is 1. The first-order chi connectivity index (χ1) is 12.4. The average Bonchev–Trinajstić information content (AvgIpc) is 3.26. The average molecular weight is 363 g/mol. The van der Waals surface area contributed by atoms with E-state index in [1.165, 1.54) is 14.2 Å². The Hall–Kier alpha value is -2.08. The summed E-state index contributed by atoms with van der Waals surface area (Å²) in [4.78, 5) is 27.7. The first-order valence-corrected chi connectivity index (χ1v) is 9.04. The van der Waals surface area contributed by atoms with Gasteiger partial charge in [-0.25, -0.2) is 0 Å². The van der Waals surface area contributed by atoms with Crippen molar-refractivity contribution in [1.29, 1.82) is 0 Å². The Morgan fingerprint density at radius 3 is 2.23 bits per heavy atom. The molecule has 0 saturated carbocycles. The van der Waals surface area contributed by atoms with Gasteiger partial charge >= 0.3 is 11.9 Å². The fourth-order valence-corrected chi connectivity index (χ4v) is 4.00. The van der Waals surface area contributed by atoms with Gasteiger partial charge in [0.1, 0.15) is 11.5 Å². The van der Waals surface area contributed by atoms with Crippen molar-refractivity contribution in [2.45, 2.75) is 46.1 Å². The predicted octanol–water partition coefficient (Wildman–Crippen LogP) is 3.06. The van der Waals surface area contributed by atoms with Crippen molar-refractivity contribution in [3.05, 3.63) is 35.3 Å². The monoisotopic (exact) mass is 363 g/mol. The lowest BCUT2D eigenvalue weighted by atomic mass is 9.76. The molecule has 0 aromatic carbocycles. The second kappa shape index (κ2) is 8.08. The van der Waals surface area contributed by atoms with E-state index in [1.807, 2.05) is 45.9 Å². The Bertz CT molecular complexity index is 670. The Morgan fingerprint density at radius 2 is 1.81 bits per heavy atom. The van der Waals surface area contributed by atoms with Gasteiger partial charge in [0.25, 0.3) is 0 Å². The minimum atomic E-state index is -1.39. The third-order valence-electron chi connectivity index (χ3n) is 5.41. The Labute approximate surface area is 155 Å². The number of esters is 2. The highest BCUT2D eigenvalue weighted by Crippen LogP contribution is 2.47. The predicted molar refractivity (Wildman–Crippen MR) is 97.7 cm³/mol. The number of carbonyl (C=O) groups is 2. The number of rotatable bonds is 7. The fourth-order valence-electron chi connectivity index (χ4n) is 4.00. The van der Waals surface area contributed by atoms with E-state index in [0.717, 1.165) is 17.1 Å². The molecular formula is C20H29NO5. The number of carbonyl (C=O) groups excluding carboxylic acids is 2. The summed E-state index contributed by atoms with van der Waals surface area (Å²) in [5.74, 6) is 0.463. The van der Waals surface area contributed by atoms with Crippen LogP contribution in [0.15, 0.2) is 28.2 Å². The largest absolute Gasteiger partial charge is 0.468 e. The van der Waals surface area contributed by atoms with E-state index in [1.54, 1.807) is 0 Å². The molecule has 1 aromatic heterocycles. The van der Waals surface area contributed by atoms with Crippen molar-refractivity contribution in [1.82, 2.24) is 4.90 Å². The van der Waals surface area contributed by atoms with Gasteiger partial charge in [0.2, 0.25) is 0 Å². The highest BCUT2D eigenvalue weighted by atomic mass is 16.5. The molecule has 1 aliphatic rings. The number of hydrogen-bond donors (Lipinski definition) is 0. The van der Waals surface area contributed by atoms with Crippen molar-refractivity contribution in [3.63, 3.8) is 0 Å². The van der Waals surface area contributed by atoms with E-state index in [0.29, 0.717) is 13.1 Å². The van der Waals surface area contributed by atoms with Gasteiger partial charge in [0.05, 0.1) is 20.3 Å². The number of furan rings is 1. The van der Waals surface area contributed by atoms with Gasteiger partial charge in [-0.15, -0.1) is 0 Å². The molecule has 1 aromatic rings. The number of hydrogen-bond acceptors (Lipinski definition) is 6. The molecule has 6 heteroatoms. The molecule has 0 amide bonds. The zero-order valence-electron chi connectivity index (χ0n) is 16.5. The highest BCUT2D eigenvalue weighted by Gasteiger charge is 2.60. The van der Waals surface area contributed by atoms with E-state index < -0.39 is 23.4 Å². The van der Waals surface area contributed by atoms with Gasteiger partial charge in [-0.05, 0) is 44.1 Å². The van der Waals surface area contributed by atoms with Crippen molar-refractivity contribution in [3.8, 4) is 0 Å². The summed E-state index contributed by atoms with van der Waals surface area (Å²) >= 11 is 0. The molecular weight excluding hydrogens is 334 g/mol. The number of allylic oxidation sites excluding steroid dienone is 1. The quantitative estimate of drug-likeness (QED) is 0.421. The molecule has 1 aliphatic carbocycles. The number of nitrogens with zero attached hydrogens (tertiary/aromatic N) is 1. The third-order valence-corrected chi connectivity index (χ3v) is 5.41. The Kier molecular flexibility index (Phi) is 6.29. The van der Waals surface area contributed by atoms with Crippen molar-refractivity contribution < 1.29 is 23.5 Å². The molecule has 0 saturated heterocycles. The lowest BCUT2D eigenvalue weighted by Gasteiger charge is -2.40. The van der Waals surface area contributed by atoms with Crippen molar-refractivity contribution in [2.75, 3.05) is 27.3 Å². The summed E-state index contributed by atoms with van der Waals surface area (Å²) in [5, 5.41) is 0. The molecule has 144 valence electrons. The summed E-state index contributed by atoms with van der Waals surface area (Å²) in [6.45, 7) is 9.34. The van der Waals surface area contributed by atoms with Crippen LogP contribution in [0.3, 0.4) is 0 Å².